The molecule has 1 heterocycles. The smallest absolute Gasteiger partial charge is 0.180 e. The van der Waals surface area contributed by atoms with Crippen molar-refractivity contribution < 1.29 is 4.42 Å². The van der Waals surface area contributed by atoms with Crippen LogP contribution in [0, 0.1) is 6.92 Å². The molecule has 0 aliphatic carbocycles. The molecule has 61 valence electrons. The molecule has 1 aromatic rings. The fourth-order valence-corrected chi connectivity index (χ4v) is 1.02. The number of aryl methyl sites for hydroxylation is 1. The van der Waals surface area contributed by atoms with Gasteiger partial charge in [-0.05, 0) is 12.8 Å². The monoisotopic (exact) mass is 152 g/mol. The van der Waals surface area contributed by atoms with Crippen LogP contribution in [-0.4, -0.2) is 4.98 Å². The molecule has 0 aliphatic rings. The van der Waals surface area contributed by atoms with Crippen molar-refractivity contribution in [2.45, 2.75) is 32.1 Å². The maximum atomic E-state index is 4.85. The number of hydrogen-bond acceptors (Lipinski definition) is 2. The van der Waals surface area contributed by atoms with E-state index in [0.717, 1.165) is 18.5 Å². The Hall–Kier alpha value is -0.790. The highest BCUT2D eigenvalue weighted by Crippen LogP contribution is 2.04. The molecule has 0 fully saturated rings. The molecule has 0 saturated carbocycles. The largest absolute Gasteiger partial charge is 0.451 e. The topological polar surface area (TPSA) is 26.0 Å². The van der Waals surface area contributed by atoms with E-state index in [1.54, 1.807) is 6.26 Å². The quantitative estimate of drug-likeness (QED) is 0.606. The predicted octanol–water partition coefficient (Wildman–Crippen LogP) is 2.61. The first kappa shape index (κ1) is 8.31. The summed E-state index contributed by atoms with van der Waals surface area (Å²) in [4.78, 5) is 4.03. The fourth-order valence-electron chi connectivity index (χ4n) is 1.02. The molecule has 0 aliphatic heterocycles. The van der Waals surface area contributed by atoms with Crippen molar-refractivity contribution in [3.63, 3.8) is 0 Å². The first-order valence-corrected chi connectivity index (χ1v) is 4.10. The molecular formula is C9H14NO. The van der Waals surface area contributed by atoms with Gasteiger partial charge in [0.15, 0.2) is 6.39 Å². The molecule has 1 aromatic heterocycles. The number of oxazole rings is 1. The van der Waals surface area contributed by atoms with Gasteiger partial charge in [0.2, 0.25) is 0 Å². The van der Waals surface area contributed by atoms with Crippen molar-refractivity contribution in [2.24, 2.45) is 0 Å². The summed E-state index contributed by atoms with van der Waals surface area (Å²) >= 11 is 0. The predicted molar refractivity (Wildman–Crippen MR) is 44.0 cm³/mol. The molecule has 0 aromatic carbocycles. The second-order valence-corrected chi connectivity index (χ2v) is 2.64. The molecule has 0 bridgehead atoms. The Labute approximate surface area is 67.6 Å². The van der Waals surface area contributed by atoms with Crippen LogP contribution in [0.1, 0.15) is 31.4 Å². The zero-order valence-corrected chi connectivity index (χ0v) is 6.75. The average molecular weight is 152 g/mol. The van der Waals surface area contributed by atoms with Gasteiger partial charge in [0.05, 0.1) is 5.69 Å². The Morgan fingerprint density at radius 3 is 2.91 bits per heavy atom. The molecule has 2 nitrogen and oxygen atoms in total. The highest BCUT2D eigenvalue weighted by Gasteiger charge is 1.94. The molecule has 1 rings (SSSR count). The molecule has 2 heteroatoms. The van der Waals surface area contributed by atoms with Crippen molar-refractivity contribution in [3.05, 3.63) is 25.3 Å². The van der Waals surface area contributed by atoms with Crippen LogP contribution >= 0.6 is 0 Å². The number of nitrogens with zero attached hydrogens (tertiary/aromatic N) is 1. The summed E-state index contributed by atoms with van der Waals surface area (Å²) in [5.74, 6) is 0. The number of unbranched alkanes of at least 4 members (excludes halogenated alkanes) is 3. The van der Waals surface area contributed by atoms with Crippen molar-refractivity contribution >= 4 is 0 Å². The van der Waals surface area contributed by atoms with Crippen LogP contribution in [0.25, 0.3) is 0 Å². The van der Waals surface area contributed by atoms with Gasteiger partial charge in [0.25, 0.3) is 0 Å². The van der Waals surface area contributed by atoms with Gasteiger partial charge in [-0.2, -0.15) is 0 Å². The van der Waals surface area contributed by atoms with Crippen LogP contribution in [0.4, 0.5) is 0 Å². The van der Waals surface area contributed by atoms with E-state index in [-0.39, 0.29) is 0 Å². The van der Waals surface area contributed by atoms with Crippen molar-refractivity contribution in [2.75, 3.05) is 0 Å². The maximum absolute atomic E-state index is 4.85. The van der Waals surface area contributed by atoms with Crippen LogP contribution in [0.2, 0.25) is 0 Å². The minimum Gasteiger partial charge on any atom is -0.451 e. The lowest BCUT2D eigenvalue weighted by molar-refractivity contribution is 0.555. The number of hydrogen-bond donors (Lipinski definition) is 0. The van der Waals surface area contributed by atoms with E-state index in [2.05, 4.69) is 11.9 Å². The summed E-state index contributed by atoms with van der Waals surface area (Å²) in [6.45, 7) is 3.79. The van der Waals surface area contributed by atoms with Crippen LogP contribution in [0.5, 0.6) is 0 Å². The van der Waals surface area contributed by atoms with Gasteiger partial charge in [-0.15, -0.1) is 0 Å². The summed E-state index contributed by atoms with van der Waals surface area (Å²) in [7, 11) is 0. The lowest BCUT2D eigenvalue weighted by atomic mass is 10.1. The van der Waals surface area contributed by atoms with E-state index in [9.17, 15) is 0 Å². The first-order valence-electron chi connectivity index (χ1n) is 4.10. The molecule has 0 amide bonds. The van der Waals surface area contributed by atoms with E-state index in [4.69, 9.17) is 4.42 Å². The Morgan fingerprint density at radius 2 is 2.27 bits per heavy atom. The van der Waals surface area contributed by atoms with Crippen molar-refractivity contribution in [1.29, 1.82) is 0 Å². The molecule has 0 spiro atoms. The Morgan fingerprint density at radius 1 is 1.36 bits per heavy atom. The second-order valence-electron chi connectivity index (χ2n) is 2.64. The third-order valence-corrected chi connectivity index (χ3v) is 1.67. The average Bonchev–Trinajstić information content (AvgIpc) is 2.50. The number of aromatic nitrogens is 1. The zero-order chi connectivity index (χ0) is 7.94. The van der Waals surface area contributed by atoms with Crippen molar-refractivity contribution in [3.8, 4) is 0 Å². The third-order valence-electron chi connectivity index (χ3n) is 1.67. The summed E-state index contributed by atoms with van der Waals surface area (Å²) in [5, 5.41) is 0. The molecule has 0 unspecified atom stereocenters. The van der Waals surface area contributed by atoms with E-state index in [1.165, 1.54) is 25.7 Å². The lowest BCUT2D eigenvalue weighted by Crippen LogP contribution is -1.84. The van der Waals surface area contributed by atoms with Crippen LogP contribution in [0.15, 0.2) is 17.1 Å². The molecular weight excluding hydrogens is 138 g/mol. The maximum Gasteiger partial charge on any atom is 0.180 e. The SMILES string of the molecule is [CH2]CCCCCc1cocn1. The molecule has 0 saturated heterocycles. The van der Waals surface area contributed by atoms with Crippen LogP contribution in [0.3, 0.4) is 0 Å². The number of rotatable bonds is 5. The first-order chi connectivity index (χ1) is 5.43. The highest BCUT2D eigenvalue weighted by molar-refractivity contribution is 4.90. The standard InChI is InChI=1S/C9H14NO/c1-2-3-4-5-6-9-7-11-8-10-9/h7-8H,1-6H2. The lowest BCUT2D eigenvalue weighted by Gasteiger charge is -1.94. The van der Waals surface area contributed by atoms with Gasteiger partial charge >= 0.3 is 0 Å². The summed E-state index contributed by atoms with van der Waals surface area (Å²) in [5.41, 5.74) is 1.06. The Bertz CT molecular complexity index is 170. The summed E-state index contributed by atoms with van der Waals surface area (Å²) in [6.07, 6.45) is 8.94. The minimum absolute atomic E-state index is 1.04. The van der Waals surface area contributed by atoms with Gasteiger partial charge in [0, 0.05) is 0 Å². The molecule has 11 heavy (non-hydrogen) atoms. The van der Waals surface area contributed by atoms with Crippen molar-refractivity contribution in [1.82, 2.24) is 4.98 Å². The van der Waals surface area contributed by atoms with E-state index < -0.39 is 0 Å². The van der Waals surface area contributed by atoms with E-state index in [1.807, 2.05) is 0 Å². The third kappa shape index (κ3) is 3.21. The minimum atomic E-state index is 1.04. The normalized spacial score (nSPS) is 10.3. The van der Waals surface area contributed by atoms with E-state index in [0.29, 0.717) is 0 Å². The fraction of sp³-hybridized carbons (Fsp3) is 0.556. The van der Waals surface area contributed by atoms with Crippen LogP contribution < -0.4 is 0 Å². The van der Waals surface area contributed by atoms with Gasteiger partial charge in [-0.25, -0.2) is 4.98 Å². The zero-order valence-electron chi connectivity index (χ0n) is 6.75. The second kappa shape index (κ2) is 4.94. The van der Waals surface area contributed by atoms with Gasteiger partial charge < -0.3 is 4.42 Å². The van der Waals surface area contributed by atoms with Crippen LogP contribution in [-0.2, 0) is 6.42 Å². The Kier molecular flexibility index (Phi) is 3.73. The Balaban J connectivity index is 2.04. The summed E-state index contributed by atoms with van der Waals surface area (Å²) < 4.78 is 4.85. The van der Waals surface area contributed by atoms with Gasteiger partial charge in [-0.3, -0.25) is 0 Å². The molecule has 1 radical (unpaired) electrons. The highest BCUT2D eigenvalue weighted by atomic mass is 16.3. The van der Waals surface area contributed by atoms with E-state index >= 15 is 0 Å². The molecule has 0 atom stereocenters. The summed E-state index contributed by atoms with van der Waals surface area (Å²) in [6, 6.07) is 0. The van der Waals surface area contributed by atoms with Gasteiger partial charge in [0.1, 0.15) is 6.26 Å². The molecule has 0 N–H and O–H groups in total. The van der Waals surface area contributed by atoms with Gasteiger partial charge in [-0.1, -0.05) is 26.2 Å².